The summed E-state index contributed by atoms with van der Waals surface area (Å²) in [5, 5.41) is 7.20. The number of hydrogen-bond acceptors (Lipinski definition) is 4. The van der Waals surface area contributed by atoms with Crippen molar-refractivity contribution in [1.82, 2.24) is 19.9 Å². The molecule has 5 nitrogen and oxygen atoms in total. The van der Waals surface area contributed by atoms with Gasteiger partial charge in [0.1, 0.15) is 5.56 Å². The molecule has 0 saturated heterocycles. The normalized spacial score (nSPS) is 11.3. The highest BCUT2D eigenvalue weighted by Gasteiger charge is 2.16. The number of halogens is 1. The van der Waals surface area contributed by atoms with Crippen molar-refractivity contribution in [3.8, 4) is 10.6 Å². The van der Waals surface area contributed by atoms with Crippen molar-refractivity contribution in [3.63, 3.8) is 0 Å². The van der Waals surface area contributed by atoms with E-state index in [1.165, 1.54) is 11.3 Å². The van der Waals surface area contributed by atoms with Crippen molar-refractivity contribution in [2.75, 3.05) is 6.54 Å². The summed E-state index contributed by atoms with van der Waals surface area (Å²) in [6.45, 7) is 4.72. The van der Waals surface area contributed by atoms with E-state index in [1.807, 2.05) is 32.0 Å². The minimum atomic E-state index is -0.155. The van der Waals surface area contributed by atoms with Gasteiger partial charge in [-0.05, 0) is 24.1 Å². The van der Waals surface area contributed by atoms with Crippen LogP contribution in [0.3, 0.4) is 0 Å². The molecule has 3 aromatic heterocycles. The molecule has 0 fully saturated rings. The van der Waals surface area contributed by atoms with E-state index >= 15 is 0 Å². The van der Waals surface area contributed by atoms with Crippen molar-refractivity contribution < 1.29 is 4.79 Å². The summed E-state index contributed by atoms with van der Waals surface area (Å²) in [7, 11) is 0. The SMILES string of the molecule is CC(C)CNC(=O)c1cnn2c(-c3ccc(Cl)s3)ccnc12. The van der Waals surface area contributed by atoms with Gasteiger partial charge in [0, 0.05) is 12.7 Å². The number of carbonyl (C=O) groups is 1. The molecule has 0 atom stereocenters. The zero-order valence-electron chi connectivity index (χ0n) is 12.2. The summed E-state index contributed by atoms with van der Waals surface area (Å²) in [4.78, 5) is 17.5. The Hall–Kier alpha value is -1.92. The molecular weight excluding hydrogens is 320 g/mol. The summed E-state index contributed by atoms with van der Waals surface area (Å²) in [6, 6.07) is 5.63. The van der Waals surface area contributed by atoms with Crippen LogP contribution < -0.4 is 5.32 Å². The van der Waals surface area contributed by atoms with E-state index in [4.69, 9.17) is 11.6 Å². The van der Waals surface area contributed by atoms with Crippen LogP contribution in [0.4, 0.5) is 0 Å². The molecule has 0 aliphatic heterocycles. The summed E-state index contributed by atoms with van der Waals surface area (Å²) >= 11 is 7.46. The van der Waals surface area contributed by atoms with E-state index in [2.05, 4.69) is 15.4 Å². The van der Waals surface area contributed by atoms with Crippen molar-refractivity contribution in [2.24, 2.45) is 5.92 Å². The lowest BCUT2D eigenvalue weighted by Gasteiger charge is -2.06. The summed E-state index contributed by atoms with van der Waals surface area (Å²) < 4.78 is 2.38. The molecule has 7 heteroatoms. The van der Waals surface area contributed by atoms with Crippen molar-refractivity contribution in [1.29, 1.82) is 0 Å². The maximum absolute atomic E-state index is 12.3. The Morgan fingerprint density at radius 2 is 2.23 bits per heavy atom. The fraction of sp³-hybridized carbons (Fsp3) is 0.267. The highest BCUT2D eigenvalue weighted by molar-refractivity contribution is 7.19. The quantitative estimate of drug-likeness (QED) is 0.794. The van der Waals surface area contributed by atoms with Crippen LogP contribution in [0.15, 0.2) is 30.6 Å². The first-order valence-electron chi connectivity index (χ1n) is 6.93. The molecule has 0 aromatic carbocycles. The van der Waals surface area contributed by atoms with Crippen molar-refractivity contribution in [3.05, 3.63) is 40.5 Å². The first-order chi connectivity index (χ1) is 10.6. The Morgan fingerprint density at radius 1 is 1.41 bits per heavy atom. The number of fused-ring (bicyclic) bond motifs is 1. The fourth-order valence-corrected chi connectivity index (χ4v) is 3.14. The summed E-state index contributed by atoms with van der Waals surface area (Å²) in [5.74, 6) is 0.236. The van der Waals surface area contributed by atoms with Gasteiger partial charge in [0.15, 0.2) is 5.65 Å². The lowest BCUT2D eigenvalue weighted by atomic mass is 10.2. The lowest BCUT2D eigenvalue weighted by molar-refractivity contribution is 0.0950. The van der Waals surface area contributed by atoms with Crippen LogP contribution in [0.25, 0.3) is 16.2 Å². The van der Waals surface area contributed by atoms with Crippen LogP contribution in [0.5, 0.6) is 0 Å². The maximum Gasteiger partial charge on any atom is 0.256 e. The molecular formula is C15H15ClN4OS. The second kappa shape index (κ2) is 6.06. The molecule has 0 radical (unpaired) electrons. The van der Waals surface area contributed by atoms with Gasteiger partial charge in [-0.3, -0.25) is 4.79 Å². The zero-order valence-corrected chi connectivity index (χ0v) is 13.8. The Morgan fingerprint density at radius 3 is 2.91 bits per heavy atom. The summed E-state index contributed by atoms with van der Waals surface area (Å²) in [5.41, 5.74) is 1.89. The number of thiophene rings is 1. The Bertz CT molecular complexity index is 824. The van der Waals surface area contributed by atoms with Gasteiger partial charge in [0.2, 0.25) is 0 Å². The number of amides is 1. The van der Waals surface area contributed by atoms with Gasteiger partial charge in [-0.15, -0.1) is 11.3 Å². The third-order valence-corrected chi connectivity index (χ3v) is 4.40. The lowest BCUT2D eigenvalue weighted by Crippen LogP contribution is -2.27. The number of nitrogens with zero attached hydrogens (tertiary/aromatic N) is 3. The Balaban J connectivity index is 2.00. The molecule has 3 rings (SSSR count). The second-order valence-electron chi connectivity index (χ2n) is 5.33. The van der Waals surface area contributed by atoms with Gasteiger partial charge in [-0.1, -0.05) is 25.4 Å². The van der Waals surface area contributed by atoms with Crippen LogP contribution >= 0.6 is 22.9 Å². The van der Waals surface area contributed by atoms with E-state index in [0.717, 1.165) is 10.6 Å². The van der Waals surface area contributed by atoms with E-state index < -0.39 is 0 Å². The number of rotatable bonds is 4. The molecule has 0 saturated carbocycles. The topological polar surface area (TPSA) is 59.3 Å². The molecule has 0 aliphatic carbocycles. The molecule has 0 spiro atoms. The van der Waals surface area contributed by atoms with E-state index in [0.29, 0.717) is 28.0 Å². The fourth-order valence-electron chi connectivity index (χ4n) is 2.08. The molecule has 0 unspecified atom stereocenters. The van der Waals surface area contributed by atoms with Crippen LogP contribution in [-0.2, 0) is 0 Å². The second-order valence-corrected chi connectivity index (χ2v) is 7.05. The van der Waals surface area contributed by atoms with Crippen LogP contribution in [0.2, 0.25) is 4.34 Å². The van der Waals surface area contributed by atoms with E-state index in [-0.39, 0.29) is 5.91 Å². The average Bonchev–Trinajstić information content (AvgIpc) is 3.10. The molecule has 114 valence electrons. The predicted molar refractivity (Wildman–Crippen MR) is 88.5 cm³/mol. The van der Waals surface area contributed by atoms with Gasteiger partial charge in [-0.2, -0.15) is 5.10 Å². The van der Waals surface area contributed by atoms with E-state index in [1.54, 1.807) is 16.9 Å². The number of carbonyl (C=O) groups excluding carboxylic acids is 1. The smallest absolute Gasteiger partial charge is 0.256 e. The Kier molecular flexibility index (Phi) is 4.13. The van der Waals surface area contributed by atoms with Gasteiger partial charge in [0.05, 0.1) is 21.1 Å². The monoisotopic (exact) mass is 334 g/mol. The van der Waals surface area contributed by atoms with Crippen LogP contribution in [-0.4, -0.2) is 27.0 Å². The Labute approximate surface area is 136 Å². The van der Waals surface area contributed by atoms with Gasteiger partial charge in [-0.25, -0.2) is 9.50 Å². The van der Waals surface area contributed by atoms with Crippen molar-refractivity contribution >= 4 is 34.5 Å². The molecule has 1 amide bonds. The zero-order chi connectivity index (χ0) is 15.7. The van der Waals surface area contributed by atoms with Gasteiger partial charge >= 0.3 is 0 Å². The van der Waals surface area contributed by atoms with Crippen LogP contribution in [0.1, 0.15) is 24.2 Å². The van der Waals surface area contributed by atoms with Gasteiger partial charge in [0.25, 0.3) is 5.91 Å². The molecule has 3 heterocycles. The average molecular weight is 335 g/mol. The predicted octanol–water partition coefficient (Wildman–Crippen LogP) is 3.50. The largest absolute Gasteiger partial charge is 0.352 e. The first kappa shape index (κ1) is 15.0. The highest BCUT2D eigenvalue weighted by atomic mass is 35.5. The molecule has 0 bridgehead atoms. The number of nitrogens with one attached hydrogen (secondary N) is 1. The number of aromatic nitrogens is 3. The number of hydrogen-bond donors (Lipinski definition) is 1. The van der Waals surface area contributed by atoms with E-state index in [9.17, 15) is 4.79 Å². The van der Waals surface area contributed by atoms with Crippen LogP contribution in [0, 0.1) is 5.92 Å². The maximum atomic E-state index is 12.3. The summed E-state index contributed by atoms with van der Waals surface area (Å²) in [6.07, 6.45) is 3.23. The molecule has 3 aromatic rings. The highest BCUT2D eigenvalue weighted by Crippen LogP contribution is 2.31. The first-order valence-corrected chi connectivity index (χ1v) is 8.12. The minimum absolute atomic E-state index is 0.155. The standard InChI is InChI=1S/C15H15ClN4OS/c1-9(2)7-18-15(21)10-8-19-20-11(5-6-17-14(10)20)12-3-4-13(16)22-12/h3-6,8-9H,7H2,1-2H3,(H,18,21). The van der Waals surface area contributed by atoms with Gasteiger partial charge < -0.3 is 5.32 Å². The van der Waals surface area contributed by atoms with Crippen molar-refractivity contribution in [2.45, 2.75) is 13.8 Å². The molecule has 1 N–H and O–H groups in total. The minimum Gasteiger partial charge on any atom is -0.352 e. The third-order valence-electron chi connectivity index (χ3n) is 3.14. The molecule has 22 heavy (non-hydrogen) atoms. The molecule has 0 aliphatic rings. The third kappa shape index (κ3) is 2.84.